The van der Waals surface area contributed by atoms with Crippen LogP contribution in [0.25, 0.3) is 17.0 Å². The van der Waals surface area contributed by atoms with Gasteiger partial charge in [-0.25, -0.2) is 0 Å². The molecule has 0 N–H and O–H groups in total. The van der Waals surface area contributed by atoms with Crippen molar-refractivity contribution in [2.24, 2.45) is 0 Å². The van der Waals surface area contributed by atoms with Crippen molar-refractivity contribution in [1.29, 1.82) is 0 Å². The summed E-state index contributed by atoms with van der Waals surface area (Å²) >= 11 is 1.85. The van der Waals surface area contributed by atoms with Gasteiger partial charge in [-0.05, 0) is 29.8 Å². The molecule has 0 saturated carbocycles. The molecule has 0 fully saturated rings. The predicted octanol–water partition coefficient (Wildman–Crippen LogP) is 4.76. The Morgan fingerprint density at radius 3 is 2.54 bits per heavy atom. The van der Waals surface area contributed by atoms with E-state index in [0.717, 1.165) is 11.0 Å². The molecule has 2 heterocycles. The van der Waals surface area contributed by atoms with Gasteiger partial charge in [0.25, 0.3) is 0 Å². The number of aryl methyl sites for hydroxylation is 1. The normalized spacial score (nSPS) is 15.4. The van der Waals surface area contributed by atoms with Gasteiger partial charge in [0.05, 0.1) is 50.2 Å². The molecule has 0 atom stereocenters. The second-order valence-electron chi connectivity index (χ2n) is 8.46. The Kier molecular flexibility index (Phi) is 5.17. The van der Waals surface area contributed by atoms with Crippen molar-refractivity contribution in [1.82, 2.24) is 0 Å². The van der Waals surface area contributed by atoms with Gasteiger partial charge in [-0.3, -0.25) is 0 Å². The van der Waals surface area contributed by atoms with Crippen molar-refractivity contribution in [3.8, 4) is 0 Å². The Balaban J connectivity index is 1.66. The second-order valence-corrected chi connectivity index (χ2v) is 9.52. The van der Waals surface area contributed by atoms with Gasteiger partial charge in [0.2, 0.25) is 5.52 Å². The third-order valence-corrected chi connectivity index (χ3v) is 6.40. The van der Waals surface area contributed by atoms with Crippen LogP contribution >= 0.6 is 11.8 Å². The van der Waals surface area contributed by atoms with Crippen LogP contribution in [0.2, 0.25) is 0 Å². The third-order valence-electron chi connectivity index (χ3n) is 5.24. The number of quaternary nitrogens is 1. The van der Waals surface area contributed by atoms with Crippen LogP contribution in [0.1, 0.15) is 12.0 Å². The predicted molar refractivity (Wildman–Crippen MR) is 120 cm³/mol. The Morgan fingerprint density at radius 2 is 1.75 bits per heavy atom. The molecule has 0 spiro atoms. The smallest absolute Gasteiger partial charge is 0.213 e. The highest BCUT2D eigenvalue weighted by molar-refractivity contribution is 8.03. The monoisotopic (exact) mass is 391 g/mol. The molecule has 3 aromatic rings. The summed E-state index contributed by atoms with van der Waals surface area (Å²) in [7, 11) is 8.92. The summed E-state index contributed by atoms with van der Waals surface area (Å²) in [5.41, 5.74) is 3.87. The van der Waals surface area contributed by atoms with E-state index in [1.807, 2.05) is 11.8 Å². The van der Waals surface area contributed by atoms with Gasteiger partial charge in [-0.15, -0.1) is 0 Å². The molecule has 3 nitrogen and oxygen atoms in total. The SMILES string of the molecule is CN1/C(=C/c2cc[n+](CCC[N+](C)(C)C)c3ccccc23)Sc2ccccc21. The molecule has 28 heavy (non-hydrogen) atoms. The van der Waals surface area contributed by atoms with Crippen molar-refractivity contribution in [3.63, 3.8) is 0 Å². The lowest BCUT2D eigenvalue weighted by atomic mass is 10.1. The van der Waals surface area contributed by atoms with E-state index in [0.29, 0.717) is 0 Å². The number of anilines is 1. The first-order valence-corrected chi connectivity index (χ1v) is 10.7. The molecule has 2 aromatic carbocycles. The molecule has 0 radical (unpaired) electrons. The van der Waals surface area contributed by atoms with Crippen LogP contribution in [0.3, 0.4) is 0 Å². The number of fused-ring (bicyclic) bond motifs is 2. The first kappa shape index (κ1) is 19.0. The lowest BCUT2D eigenvalue weighted by Crippen LogP contribution is -2.40. The number of para-hydroxylation sites is 2. The fraction of sp³-hybridized carbons (Fsp3) is 0.292. The molecular formula is C24H29N3S+2. The number of aromatic nitrogens is 1. The van der Waals surface area contributed by atoms with Crippen LogP contribution in [0.15, 0.2) is 70.7 Å². The van der Waals surface area contributed by atoms with Crippen LogP contribution in [-0.2, 0) is 6.54 Å². The summed E-state index contributed by atoms with van der Waals surface area (Å²) in [4.78, 5) is 3.61. The van der Waals surface area contributed by atoms with Gasteiger partial charge in [0.1, 0.15) is 0 Å². The molecule has 1 aromatic heterocycles. The number of nitrogens with zero attached hydrogens (tertiary/aromatic N) is 3. The van der Waals surface area contributed by atoms with Crippen LogP contribution in [-0.4, -0.2) is 39.2 Å². The maximum atomic E-state index is 2.40. The van der Waals surface area contributed by atoms with Crippen molar-refractivity contribution < 1.29 is 9.05 Å². The molecule has 4 heteroatoms. The van der Waals surface area contributed by atoms with Gasteiger partial charge in [-0.1, -0.05) is 36.0 Å². The molecule has 0 bridgehead atoms. The highest BCUT2D eigenvalue weighted by Crippen LogP contribution is 2.45. The Hall–Kier alpha value is -2.30. The van der Waals surface area contributed by atoms with Crippen molar-refractivity contribution >= 4 is 34.4 Å². The van der Waals surface area contributed by atoms with Crippen LogP contribution in [0, 0.1) is 0 Å². The molecular weight excluding hydrogens is 362 g/mol. The van der Waals surface area contributed by atoms with Crippen molar-refractivity contribution in [3.05, 3.63) is 71.4 Å². The molecule has 1 aliphatic rings. The molecule has 0 amide bonds. The molecule has 0 aliphatic carbocycles. The summed E-state index contributed by atoms with van der Waals surface area (Å²) in [6, 6.07) is 19.6. The lowest BCUT2D eigenvalue weighted by Gasteiger charge is -2.23. The summed E-state index contributed by atoms with van der Waals surface area (Å²) in [5, 5.41) is 2.59. The van der Waals surface area contributed by atoms with E-state index < -0.39 is 0 Å². The maximum absolute atomic E-state index is 2.40. The van der Waals surface area contributed by atoms with Crippen LogP contribution in [0.4, 0.5) is 5.69 Å². The Morgan fingerprint density at radius 1 is 1.00 bits per heavy atom. The summed E-state index contributed by atoms with van der Waals surface area (Å²) in [6.45, 7) is 2.22. The maximum Gasteiger partial charge on any atom is 0.213 e. The molecule has 0 unspecified atom stereocenters. The number of benzene rings is 2. The quantitative estimate of drug-likeness (QED) is 0.457. The van der Waals surface area contributed by atoms with Gasteiger partial charge >= 0.3 is 0 Å². The molecule has 4 rings (SSSR count). The third kappa shape index (κ3) is 3.94. The summed E-state index contributed by atoms with van der Waals surface area (Å²) < 4.78 is 3.40. The fourth-order valence-electron chi connectivity index (χ4n) is 3.72. The fourth-order valence-corrected chi connectivity index (χ4v) is 4.83. The topological polar surface area (TPSA) is 7.12 Å². The van der Waals surface area contributed by atoms with E-state index in [2.05, 4.69) is 105 Å². The zero-order valence-electron chi connectivity index (χ0n) is 17.2. The average Bonchev–Trinajstić information content (AvgIpc) is 2.98. The van der Waals surface area contributed by atoms with E-state index in [4.69, 9.17) is 0 Å². The zero-order chi connectivity index (χ0) is 19.7. The number of hydrogen-bond acceptors (Lipinski definition) is 2. The van der Waals surface area contributed by atoms with Gasteiger partial charge < -0.3 is 9.38 Å². The van der Waals surface area contributed by atoms with Crippen molar-refractivity contribution in [2.45, 2.75) is 17.9 Å². The summed E-state index contributed by atoms with van der Waals surface area (Å²) in [5.74, 6) is 0. The Bertz CT molecular complexity index is 1030. The minimum atomic E-state index is 1.01. The minimum Gasteiger partial charge on any atom is -0.338 e. The highest BCUT2D eigenvalue weighted by Gasteiger charge is 2.22. The first-order chi connectivity index (χ1) is 13.4. The molecule has 1 aliphatic heterocycles. The van der Waals surface area contributed by atoms with Gasteiger partial charge in [0, 0.05) is 24.1 Å². The van der Waals surface area contributed by atoms with Crippen LogP contribution in [0.5, 0.6) is 0 Å². The lowest BCUT2D eigenvalue weighted by molar-refractivity contribution is -0.873. The second kappa shape index (κ2) is 7.61. The van der Waals surface area contributed by atoms with Crippen molar-refractivity contribution in [2.75, 3.05) is 39.6 Å². The van der Waals surface area contributed by atoms with E-state index in [9.17, 15) is 0 Å². The molecule has 144 valence electrons. The van der Waals surface area contributed by atoms with Gasteiger partial charge in [0.15, 0.2) is 12.7 Å². The van der Waals surface area contributed by atoms with E-state index in [1.54, 1.807) is 0 Å². The summed E-state index contributed by atoms with van der Waals surface area (Å²) in [6.07, 6.45) is 5.74. The minimum absolute atomic E-state index is 1.01. The largest absolute Gasteiger partial charge is 0.338 e. The van der Waals surface area contributed by atoms with E-state index in [-0.39, 0.29) is 0 Å². The standard InChI is InChI=1S/C24H29N3S/c1-25-22-12-7-8-13-23(22)28-24(25)18-19-14-16-26(15-9-17-27(2,3)4)21-11-6-5-10-20(19)21/h5-8,10-14,16,18H,9,15,17H2,1-4H3/q+2. The molecule has 0 saturated heterocycles. The first-order valence-electron chi connectivity index (χ1n) is 9.86. The van der Waals surface area contributed by atoms with E-state index >= 15 is 0 Å². The number of hydrogen-bond donors (Lipinski definition) is 0. The number of rotatable bonds is 5. The Labute approximate surface area is 172 Å². The highest BCUT2D eigenvalue weighted by atomic mass is 32.2. The number of pyridine rings is 1. The number of thioether (sulfide) groups is 1. The average molecular weight is 392 g/mol. The van der Waals surface area contributed by atoms with E-state index in [1.165, 1.54) is 45.0 Å². The zero-order valence-corrected chi connectivity index (χ0v) is 18.0. The van der Waals surface area contributed by atoms with Crippen LogP contribution < -0.4 is 9.47 Å². The van der Waals surface area contributed by atoms with Gasteiger partial charge in [-0.2, -0.15) is 4.57 Å².